The van der Waals surface area contributed by atoms with Gasteiger partial charge in [0.25, 0.3) is 0 Å². The molecule has 0 saturated heterocycles. The Kier molecular flexibility index (Phi) is 22.0. The Morgan fingerprint density at radius 3 is 1.09 bits per heavy atom. The molecule has 0 bridgehead atoms. The van der Waals surface area contributed by atoms with E-state index in [9.17, 15) is 28.8 Å². The molecule has 2 N–H and O–H groups in total. The first-order chi connectivity index (χ1) is 21.7. The van der Waals surface area contributed by atoms with E-state index in [1.807, 2.05) is 0 Å². The third-order valence-electron chi connectivity index (χ3n) is 6.31. The first-order valence-corrected chi connectivity index (χ1v) is 15.5. The van der Waals surface area contributed by atoms with Gasteiger partial charge in [0, 0.05) is 32.3 Å². The van der Waals surface area contributed by atoms with Crippen LogP contribution in [0, 0.1) is 0 Å². The molecule has 0 aliphatic rings. The van der Waals surface area contributed by atoms with Crippen LogP contribution in [0.15, 0.2) is 24.3 Å². The highest BCUT2D eigenvalue weighted by Crippen LogP contribution is 2.08. The number of aromatic carboxylic acids is 1. The largest absolute Gasteiger partial charge is 0.478 e. The second-order valence-corrected chi connectivity index (χ2v) is 10.2. The minimum atomic E-state index is -1.08. The molecule has 0 aliphatic carbocycles. The number of carbonyl (C=O) groups is 6. The molecule has 13 nitrogen and oxygen atoms in total. The minimum Gasteiger partial charge on any atom is -0.478 e. The van der Waals surface area contributed by atoms with E-state index in [1.165, 1.54) is 24.3 Å². The summed E-state index contributed by atoms with van der Waals surface area (Å²) in [7, 11) is 0. The van der Waals surface area contributed by atoms with Crippen molar-refractivity contribution in [2.45, 2.75) is 89.9 Å². The molecule has 0 heterocycles. The number of unbranched alkanes of at least 4 members (excludes halogenated alkanes) is 5. The van der Waals surface area contributed by atoms with E-state index in [0.717, 1.165) is 0 Å². The minimum absolute atomic E-state index is 0.0703. The van der Waals surface area contributed by atoms with Crippen LogP contribution in [-0.2, 0) is 42.9 Å². The van der Waals surface area contributed by atoms with Crippen LogP contribution in [0.2, 0.25) is 0 Å². The van der Waals surface area contributed by atoms with Gasteiger partial charge in [-0.2, -0.15) is 0 Å². The number of aliphatic hydroxyl groups is 1. The van der Waals surface area contributed by atoms with Crippen molar-refractivity contribution in [1.82, 2.24) is 0 Å². The van der Waals surface area contributed by atoms with E-state index in [2.05, 4.69) is 0 Å². The van der Waals surface area contributed by atoms with E-state index in [1.54, 1.807) is 0 Å². The predicted molar refractivity (Wildman–Crippen MR) is 159 cm³/mol. The lowest BCUT2D eigenvalue weighted by molar-refractivity contribution is -0.147. The van der Waals surface area contributed by atoms with Crippen LogP contribution >= 0.6 is 0 Å². The van der Waals surface area contributed by atoms with Crippen molar-refractivity contribution >= 4 is 35.8 Å². The summed E-state index contributed by atoms with van der Waals surface area (Å²) in [5, 5.41) is 17.6. The number of carbonyl (C=O) groups excluding carboxylic acids is 5. The third kappa shape index (κ3) is 21.4. The number of rotatable bonds is 26. The highest BCUT2D eigenvalue weighted by Gasteiger charge is 2.10. The Hall–Kier alpha value is -4.00. The SMILES string of the molecule is O=C(CCCCC(=O)OCCCCOC(=O)CCCCC(=O)OCCCCOC(=O)c1ccc(C(=O)O)cc1)OCCCCO. The van der Waals surface area contributed by atoms with Gasteiger partial charge in [-0.3, -0.25) is 19.2 Å². The van der Waals surface area contributed by atoms with E-state index in [0.29, 0.717) is 70.8 Å². The lowest BCUT2D eigenvalue weighted by Crippen LogP contribution is -2.10. The number of esters is 5. The molecule has 0 radical (unpaired) electrons. The van der Waals surface area contributed by atoms with Crippen molar-refractivity contribution in [3.8, 4) is 0 Å². The summed E-state index contributed by atoms with van der Waals surface area (Å²) in [5.41, 5.74) is 0.329. The van der Waals surface area contributed by atoms with Crippen LogP contribution in [-0.4, -0.2) is 85.7 Å². The fraction of sp³-hybridized carbons (Fsp3) is 0.625. The van der Waals surface area contributed by atoms with E-state index < -0.39 is 11.9 Å². The zero-order valence-electron chi connectivity index (χ0n) is 25.8. The lowest BCUT2D eigenvalue weighted by atomic mass is 10.1. The summed E-state index contributed by atoms with van der Waals surface area (Å²) >= 11 is 0. The normalized spacial score (nSPS) is 10.5. The molecule has 1 aromatic carbocycles. The maximum absolute atomic E-state index is 11.9. The zero-order chi connectivity index (χ0) is 33.1. The van der Waals surface area contributed by atoms with Crippen molar-refractivity contribution in [1.29, 1.82) is 0 Å². The molecule has 0 aliphatic heterocycles. The van der Waals surface area contributed by atoms with Gasteiger partial charge in [-0.1, -0.05) is 0 Å². The van der Waals surface area contributed by atoms with Gasteiger partial charge in [0.05, 0.1) is 44.2 Å². The van der Waals surface area contributed by atoms with Gasteiger partial charge in [-0.05, 0) is 88.5 Å². The summed E-state index contributed by atoms with van der Waals surface area (Å²) in [6.07, 6.45) is 6.15. The monoisotopic (exact) mass is 638 g/mol. The van der Waals surface area contributed by atoms with E-state index >= 15 is 0 Å². The Bertz CT molecular complexity index is 1040. The van der Waals surface area contributed by atoms with Gasteiger partial charge >= 0.3 is 35.8 Å². The van der Waals surface area contributed by atoms with Gasteiger partial charge in [0.2, 0.25) is 0 Å². The third-order valence-corrected chi connectivity index (χ3v) is 6.31. The smallest absolute Gasteiger partial charge is 0.338 e. The van der Waals surface area contributed by atoms with Crippen LogP contribution in [0.5, 0.6) is 0 Å². The Morgan fingerprint density at radius 2 is 0.756 bits per heavy atom. The van der Waals surface area contributed by atoms with E-state index in [-0.39, 0.29) is 93.7 Å². The molecule has 252 valence electrons. The molecule has 0 unspecified atom stereocenters. The summed E-state index contributed by atoms with van der Waals surface area (Å²) in [6, 6.07) is 5.42. The zero-order valence-corrected chi connectivity index (χ0v) is 25.8. The number of hydrogen-bond donors (Lipinski definition) is 2. The van der Waals surface area contributed by atoms with Crippen molar-refractivity contribution in [3.63, 3.8) is 0 Å². The van der Waals surface area contributed by atoms with Gasteiger partial charge in [-0.15, -0.1) is 0 Å². The summed E-state index contributed by atoms with van der Waals surface area (Å²) in [6.45, 7) is 1.12. The number of aliphatic hydroxyl groups excluding tert-OH is 1. The second-order valence-electron chi connectivity index (χ2n) is 10.2. The van der Waals surface area contributed by atoms with Gasteiger partial charge < -0.3 is 33.9 Å². The van der Waals surface area contributed by atoms with Crippen molar-refractivity contribution in [2.75, 3.05) is 39.6 Å². The number of hydrogen-bond acceptors (Lipinski definition) is 12. The molecule has 0 saturated carbocycles. The van der Waals surface area contributed by atoms with E-state index in [4.69, 9.17) is 33.9 Å². The molecule has 45 heavy (non-hydrogen) atoms. The van der Waals surface area contributed by atoms with Gasteiger partial charge in [0.1, 0.15) is 0 Å². The first-order valence-electron chi connectivity index (χ1n) is 15.5. The molecule has 0 spiro atoms. The molecule has 0 aromatic heterocycles. The fourth-order valence-electron chi connectivity index (χ4n) is 3.73. The van der Waals surface area contributed by atoms with Crippen LogP contribution in [0.1, 0.15) is 111 Å². The Morgan fingerprint density at radius 1 is 0.444 bits per heavy atom. The maximum Gasteiger partial charge on any atom is 0.338 e. The summed E-state index contributed by atoms with van der Waals surface area (Å²) in [5.74, 6) is -3.03. The molecule has 1 aromatic rings. The summed E-state index contributed by atoms with van der Waals surface area (Å²) < 4.78 is 25.6. The van der Waals surface area contributed by atoms with Gasteiger partial charge in [-0.25, -0.2) is 9.59 Å². The molecule has 0 fully saturated rings. The lowest BCUT2D eigenvalue weighted by Gasteiger charge is -2.07. The quantitative estimate of drug-likeness (QED) is 0.0836. The molecular formula is C32H46O13. The maximum atomic E-state index is 11.9. The molecule has 0 amide bonds. The van der Waals surface area contributed by atoms with Crippen LogP contribution in [0.25, 0.3) is 0 Å². The van der Waals surface area contributed by atoms with Crippen LogP contribution in [0.4, 0.5) is 0 Å². The molecule has 13 heteroatoms. The predicted octanol–water partition coefficient (Wildman–Crippen LogP) is 4.17. The number of benzene rings is 1. The average molecular weight is 639 g/mol. The fourth-order valence-corrected chi connectivity index (χ4v) is 3.73. The number of carboxylic acid groups (broad SMARTS) is 1. The number of ether oxygens (including phenoxy) is 5. The average Bonchev–Trinajstić information content (AvgIpc) is 3.03. The first kappa shape index (κ1) is 39.0. The van der Waals surface area contributed by atoms with Crippen LogP contribution in [0.3, 0.4) is 0 Å². The number of carboxylic acids is 1. The highest BCUT2D eigenvalue weighted by molar-refractivity contribution is 5.92. The van der Waals surface area contributed by atoms with Crippen molar-refractivity contribution < 1.29 is 62.7 Å². The molecular weight excluding hydrogens is 592 g/mol. The Labute approximate surface area is 263 Å². The standard InChI is InChI=1S/C32H46O13/c33-19-5-6-20-41-27(34)11-1-2-12-28(35)42-21-7-8-22-43-29(36)13-3-4-14-30(37)44-23-9-10-24-45-32(40)26-17-15-25(16-18-26)31(38)39/h15-18,33H,1-14,19-24H2,(H,38,39). The summed E-state index contributed by atoms with van der Waals surface area (Å²) in [4.78, 5) is 69.7. The highest BCUT2D eigenvalue weighted by atomic mass is 16.5. The second kappa shape index (κ2) is 25.3. The molecule has 0 atom stereocenters. The molecule has 1 rings (SSSR count). The van der Waals surface area contributed by atoms with Crippen molar-refractivity contribution in [3.05, 3.63) is 35.4 Å². The van der Waals surface area contributed by atoms with Gasteiger partial charge in [0.15, 0.2) is 0 Å². The van der Waals surface area contributed by atoms with Crippen molar-refractivity contribution in [2.24, 2.45) is 0 Å². The van der Waals surface area contributed by atoms with Crippen LogP contribution < -0.4 is 0 Å². The Balaban J connectivity index is 1.91. The topological polar surface area (TPSA) is 189 Å².